The van der Waals surface area contributed by atoms with Gasteiger partial charge in [-0.25, -0.2) is 0 Å². The summed E-state index contributed by atoms with van der Waals surface area (Å²) >= 11 is 3.50. The molecular formula is C17H18BrNO4. The zero-order valence-electron chi connectivity index (χ0n) is 12.8. The Bertz CT molecular complexity index is 660. The summed E-state index contributed by atoms with van der Waals surface area (Å²) in [4.78, 5) is 0. The second kappa shape index (κ2) is 7.57. The summed E-state index contributed by atoms with van der Waals surface area (Å²) in [5.41, 5.74) is 1.13. The van der Waals surface area contributed by atoms with Crippen LogP contribution in [-0.4, -0.2) is 27.1 Å². The summed E-state index contributed by atoms with van der Waals surface area (Å²) < 4.78 is 22.5. The van der Waals surface area contributed by atoms with Gasteiger partial charge in [-0.05, 0) is 57.9 Å². The fourth-order valence-corrected chi connectivity index (χ4v) is 2.87. The monoisotopic (exact) mass is 379 g/mol. The van der Waals surface area contributed by atoms with Crippen molar-refractivity contribution in [2.45, 2.75) is 6.54 Å². The Hall–Kier alpha value is -1.92. The number of methoxy groups -OCH3 is 1. The first kappa shape index (κ1) is 16.0. The Labute approximate surface area is 143 Å². The van der Waals surface area contributed by atoms with Gasteiger partial charge in [-0.1, -0.05) is 0 Å². The van der Waals surface area contributed by atoms with Gasteiger partial charge in [-0.15, -0.1) is 0 Å². The fraction of sp³-hybridized carbons (Fsp3) is 0.294. The summed E-state index contributed by atoms with van der Waals surface area (Å²) in [6, 6.07) is 11.6. The molecule has 0 amide bonds. The van der Waals surface area contributed by atoms with Crippen LogP contribution in [0.3, 0.4) is 0 Å². The van der Waals surface area contributed by atoms with Crippen LogP contribution in [0.15, 0.2) is 40.9 Å². The van der Waals surface area contributed by atoms with Gasteiger partial charge < -0.3 is 24.3 Å². The molecule has 0 aliphatic carbocycles. The minimum Gasteiger partial charge on any atom is -0.497 e. The second-order valence-electron chi connectivity index (χ2n) is 5.01. The zero-order chi connectivity index (χ0) is 16.1. The third-order valence-corrected chi connectivity index (χ3v) is 4.01. The average molecular weight is 380 g/mol. The van der Waals surface area contributed by atoms with Gasteiger partial charge in [-0.2, -0.15) is 0 Å². The Kier molecular flexibility index (Phi) is 5.25. The lowest BCUT2D eigenvalue weighted by molar-refractivity contribution is 0.173. The van der Waals surface area contributed by atoms with Crippen molar-refractivity contribution < 1.29 is 18.9 Å². The van der Waals surface area contributed by atoms with Crippen LogP contribution in [0, 0.1) is 0 Å². The molecule has 2 aromatic rings. The molecule has 0 radical (unpaired) electrons. The number of nitrogens with one attached hydrogen (secondary N) is 1. The first-order valence-corrected chi connectivity index (χ1v) is 8.11. The Morgan fingerprint density at radius 1 is 1.13 bits per heavy atom. The van der Waals surface area contributed by atoms with Gasteiger partial charge in [0.15, 0.2) is 11.5 Å². The highest BCUT2D eigenvalue weighted by molar-refractivity contribution is 9.10. The van der Waals surface area contributed by atoms with Gasteiger partial charge in [0.05, 0.1) is 11.6 Å². The molecule has 1 N–H and O–H groups in total. The van der Waals surface area contributed by atoms with Crippen molar-refractivity contribution in [1.82, 2.24) is 5.32 Å². The molecule has 0 atom stereocenters. The van der Waals surface area contributed by atoms with Crippen LogP contribution in [0.25, 0.3) is 0 Å². The SMILES string of the molecule is COc1ccc(OCCNCc2cc(Br)c3c(c2)OCO3)cc1. The maximum atomic E-state index is 5.67. The predicted molar refractivity (Wildman–Crippen MR) is 90.5 cm³/mol. The minimum atomic E-state index is 0.278. The lowest BCUT2D eigenvalue weighted by atomic mass is 10.2. The molecule has 6 heteroatoms. The lowest BCUT2D eigenvalue weighted by Gasteiger charge is -2.09. The van der Waals surface area contributed by atoms with E-state index in [2.05, 4.69) is 21.2 Å². The van der Waals surface area contributed by atoms with E-state index in [1.807, 2.05) is 36.4 Å². The first-order chi connectivity index (χ1) is 11.3. The topological polar surface area (TPSA) is 49.0 Å². The van der Waals surface area contributed by atoms with Crippen molar-refractivity contribution in [2.24, 2.45) is 0 Å². The lowest BCUT2D eigenvalue weighted by Crippen LogP contribution is -2.20. The summed E-state index contributed by atoms with van der Waals surface area (Å²) in [5.74, 6) is 3.21. The van der Waals surface area contributed by atoms with Gasteiger partial charge in [0.25, 0.3) is 0 Å². The molecule has 0 spiro atoms. The van der Waals surface area contributed by atoms with E-state index >= 15 is 0 Å². The van der Waals surface area contributed by atoms with Crippen LogP contribution in [0.2, 0.25) is 0 Å². The highest BCUT2D eigenvalue weighted by Gasteiger charge is 2.17. The van der Waals surface area contributed by atoms with E-state index in [9.17, 15) is 0 Å². The van der Waals surface area contributed by atoms with E-state index in [4.69, 9.17) is 18.9 Å². The Balaban J connectivity index is 1.42. The number of rotatable bonds is 7. The molecular weight excluding hydrogens is 362 g/mol. The van der Waals surface area contributed by atoms with Crippen LogP contribution in [0.4, 0.5) is 0 Å². The smallest absolute Gasteiger partial charge is 0.231 e. The number of ether oxygens (including phenoxy) is 4. The molecule has 0 unspecified atom stereocenters. The molecule has 1 heterocycles. The minimum absolute atomic E-state index is 0.278. The quantitative estimate of drug-likeness (QED) is 0.747. The molecule has 23 heavy (non-hydrogen) atoms. The number of hydrogen-bond donors (Lipinski definition) is 1. The van der Waals surface area contributed by atoms with E-state index in [1.54, 1.807) is 7.11 Å². The number of fused-ring (bicyclic) bond motifs is 1. The van der Waals surface area contributed by atoms with E-state index < -0.39 is 0 Å². The second-order valence-corrected chi connectivity index (χ2v) is 5.87. The van der Waals surface area contributed by atoms with Crippen molar-refractivity contribution in [3.63, 3.8) is 0 Å². The molecule has 5 nitrogen and oxygen atoms in total. The number of benzene rings is 2. The fourth-order valence-electron chi connectivity index (χ4n) is 2.27. The van der Waals surface area contributed by atoms with Crippen molar-refractivity contribution in [3.8, 4) is 23.0 Å². The summed E-state index contributed by atoms with van der Waals surface area (Å²) in [6.07, 6.45) is 0. The van der Waals surface area contributed by atoms with Crippen LogP contribution in [-0.2, 0) is 6.54 Å². The maximum Gasteiger partial charge on any atom is 0.231 e. The standard InChI is InChI=1S/C17H18BrNO4/c1-20-13-2-4-14(5-3-13)21-7-6-19-10-12-8-15(18)17-16(9-12)22-11-23-17/h2-5,8-9,19H,6-7,10-11H2,1H3. The van der Waals surface area contributed by atoms with Crippen molar-refractivity contribution >= 4 is 15.9 Å². The number of hydrogen-bond acceptors (Lipinski definition) is 5. The molecule has 0 aromatic heterocycles. The Morgan fingerprint density at radius 2 is 1.91 bits per heavy atom. The van der Waals surface area contributed by atoms with Crippen LogP contribution in [0.1, 0.15) is 5.56 Å². The van der Waals surface area contributed by atoms with Crippen molar-refractivity contribution in [3.05, 3.63) is 46.4 Å². The van der Waals surface area contributed by atoms with Crippen LogP contribution in [0.5, 0.6) is 23.0 Å². The highest BCUT2D eigenvalue weighted by Crippen LogP contribution is 2.39. The molecule has 3 rings (SSSR count). The highest BCUT2D eigenvalue weighted by atomic mass is 79.9. The van der Waals surface area contributed by atoms with E-state index in [1.165, 1.54) is 0 Å². The predicted octanol–water partition coefficient (Wildman–Crippen LogP) is 3.36. The van der Waals surface area contributed by atoms with Crippen molar-refractivity contribution in [2.75, 3.05) is 27.1 Å². The third-order valence-electron chi connectivity index (χ3n) is 3.42. The summed E-state index contributed by atoms with van der Waals surface area (Å²) in [7, 11) is 1.65. The Morgan fingerprint density at radius 3 is 2.70 bits per heavy atom. The van der Waals surface area contributed by atoms with Gasteiger partial charge >= 0.3 is 0 Å². The van der Waals surface area contributed by atoms with E-state index in [0.29, 0.717) is 6.61 Å². The molecule has 1 aliphatic rings. The van der Waals surface area contributed by atoms with Crippen LogP contribution < -0.4 is 24.3 Å². The summed E-state index contributed by atoms with van der Waals surface area (Å²) in [5, 5.41) is 3.35. The van der Waals surface area contributed by atoms with Crippen LogP contribution >= 0.6 is 15.9 Å². The summed E-state index contributed by atoms with van der Waals surface area (Å²) in [6.45, 7) is 2.36. The van der Waals surface area contributed by atoms with Crippen molar-refractivity contribution in [1.29, 1.82) is 0 Å². The van der Waals surface area contributed by atoms with E-state index in [0.717, 1.165) is 46.1 Å². The first-order valence-electron chi connectivity index (χ1n) is 7.32. The normalized spacial score (nSPS) is 12.3. The molecule has 0 saturated heterocycles. The van der Waals surface area contributed by atoms with Gasteiger partial charge in [0, 0.05) is 13.1 Å². The molecule has 2 aromatic carbocycles. The third kappa shape index (κ3) is 4.09. The number of halogens is 1. The average Bonchev–Trinajstić information content (AvgIpc) is 3.04. The van der Waals surface area contributed by atoms with E-state index in [-0.39, 0.29) is 6.79 Å². The molecule has 0 fully saturated rings. The van der Waals surface area contributed by atoms with Gasteiger partial charge in [-0.3, -0.25) is 0 Å². The maximum absolute atomic E-state index is 5.67. The molecule has 122 valence electrons. The molecule has 0 saturated carbocycles. The zero-order valence-corrected chi connectivity index (χ0v) is 14.4. The van der Waals surface area contributed by atoms with Gasteiger partial charge in [0.1, 0.15) is 18.1 Å². The largest absolute Gasteiger partial charge is 0.497 e. The molecule has 1 aliphatic heterocycles. The van der Waals surface area contributed by atoms with Gasteiger partial charge in [0.2, 0.25) is 6.79 Å². The molecule has 0 bridgehead atoms.